The normalized spacial score (nSPS) is 20.4. The van der Waals surface area contributed by atoms with Crippen LogP contribution in [0, 0.1) is 5.92 Å². The average molecular weight is 482 g/mol. The highest BCUT2D eigenvalue weighted by molar-refractivity contribution is 6.06. The van der Waals surface area contributed by atoms with Gasteiger partial charge in [0.15, 0.2) is 5.69 Å². The van der Waals surface area contributed by atoms with E-state index in [2.05, 4.69) is 25.7 Å². The number of ether oxygens (including phenoxy) is 1. The second kappa shape index (κ2) is 11.0. The summed E-state index contributed by atoms with van der Waals surface area (Å²) in [7, 11) is 1.61. The number of carbonyl (C=O) groups excluding carboxylic acids is 2. The van der Waals surface area contributed by atoms with Gasteiger partial charge in [-0.25, -0.2) is 0 Å². The van der Waals surface area contributed by atoms with Gasteiger partial charge in [-0.3, -0.25) is 19.5 Å². The van der Waals surface area contributed by atoms with E-state index in [-0.39, 0.29) is 32.2 Å². The zero-order valence-corrected chi connectivity index (χ0v) is 19.5. The number of carbonyl (C=O) groups is 3. The number of fused-ring (bicyclic) bond motifs is 4. The Bertz CT molecular complexity index is 1190. The van der Waals surface area contributed by atoms with Crippen molar-refractivity contribution < 1.29 is 25.7 Å². The SMILES string of the molecule is COc1ccc(CC(=O)Nc2ccc3[nH]nc(C(=O)N[C@@H]4CN5CCC4CC5)c3c2)cc1.O=CO.[HH]. The van der Waals surface area contributed by atoms with Crippen LogP contribution in [0.4, 0.5) is 5.69 Å². The molecule has 3 fully saturated rings. The van der Waals surface area contributed by atoms with Gasteiger partial charge < -0.3 is 25.4 Å². The van der Waals surface area contributed by atoms with Crippen LogP contribution in [-0.4, -0.2) is 71.3 Å². The number of methoxy groups -OCH3 is 1. The number of amides is 2. The fourth-order valence-electron chi connectivity index (χ4n) is 4.76. The Morgan fingerprint density at radius 2 is 1.94 bits per heavy atom. The first-order valence-electron chi connectivity index (χ1n) is 11.5. The quantitative estimate of drug-likeness (QED) is 0.397. The lowest BCUT2D eigenvalue weighted by molar-refractivity contribution is -0.123. The smallest absolute Gasteiger partial charge is 0.290 e. The predicted octanol–water partition coefficient (Wildman–Crippen LogP) is 2.52. The van der Waals surface area contributed by atoms with Gasteiger partial charge in [0.25, 0.3) is 12.4 Å². The van der Waals surface area contributed by atoms with Crippen LogP contribution in [0.2, 0.25) is 0 Å². The first-order chi connectivity index (χ1) is 17.0. The van der Waals surface area contributed by atoms with E-state index in [1.54, 1.807) is 13.2 Å². The third-order valence-electron chi connectivity index (χ3n) is 6.56. The number of aromatic amines is 1. The van der Waals surface area contributed by atoms with Crippen LogP contribution in [-0.2, 0) is 16.0 Å². The molecule has 2 bridgehead atoms. The molecule has 1 atom stereocenters. The minimum absolute atomic E-state index is 0. The van der Waals surface area contributed by atoms with E-state index >= 15 is 0 Å². The summed E-state index contributed by atoms with van der Waals surface area (Å²) >= 11 is 0. The molecule has 2 amide bonds. The molecule has 0 radical (unpaired) electrons. The molecule has 2 aromatic carbocycles. The average Bonchev–Trinajstić information content (AvgIpc) is 3.29. The molecule has 0 aliphatic carbocycles. The Hall–Kier alpha value is -3.92. The van der Waals surface area contributed by atoms with Crippen molar-refractivity contribution in [1.82, 2.24) is 20.4 Å². The summed E-state index contributed by atoms with van der Waals surface area (Å²) in [6, 6.07) is 13.0. The van der Waals surface area contributed by atoms with Crippen LogP contribution < -0.4 is 15.4 Å². The zero-order valence-electron chi connectivity index (χ0n) is 19.5. The van der Waals surface area contributed by atoms with Crippen LogP contribution in [0.25, 0.3) is 10.9 Å². The van der Waals surface area contributed by atoms with Crippen molar-refractivity contribution in [3.8, 4) is 5.75 Å². The van der Waals surface area contributed by atoms with Crippen LogP contribution in [0.15, 0.2) is 42.5 Å². The third-order valence-corrected chi connectivity index (χ3v) is 6.56. The topological polar surface area (TPSA) is 137 Å². The number of anilines is 1. The molecule has 0 unspecified atom stereocenters. The van der Waals surface area contributed by atoms with Crippen LogP contribution >= 0.6 is 0 Å². The molecule has 3 aliphatic heterocycles. The van der Waals surface area contributed by atoms with Crippen LogP contribution in [0.3, 0.4) is 0 Å². The molecule has 3 aromatic rings. The number of nitrogens with zero attached hydrogens (tertiary/aromatic N) is 2. The number of nitrogens with one attached hydrogen (secondary N) is 3. The maximum absolute atomic E-state index is 13.0. The van der Waals surface area contributed by atoms with Crippen molar-refractivity contribution in [2.75, 3.05) is 32.1 Å². The molecule has 0 saturated carbocycles. The van der Waals surface area contributed by atoms with E-state index < -0.39 is 0 Å². The molecule has 10 heteroatoms. The number of hydrogen-bond donors (Lipinski definition) is 4. The highest BCUT2D eigenvalue weighted by Gasteiger charge is 2.35. The van der Waals surface area contributed by atoms with Crippen molar-refractivity contribution in [1.29, 1.82) is 0 Å². The summed E-state index contributed by atoms with van der Waals surface area (Å²) in [5.41, 5.74) is 2.65. The Labute approximate surface area is 204 Å². The Morgan fingerprint density at radius 3 is 2.57 bits per heavy atom. The minimum atomic E-state index is -0.250. The Kier molecular flexibility index (Phi) is 7.61. The van der Waals surface area contributed by atoms with Gasteiger partial charge in [-0.1, -0.05) is 12.1 Å². The highest BCUT2D eigenvalue weighted by atomic mass is 16.5. The monoisotopic (exact) mass is 481 g/mol. The van der Waals surface area contributed by atoms with E-state index in [4.69, 9.17) is 14.6 Å². The summed E-state index contributed by atoms with van der Waals surface area (Å²) < 4.78 is 5.15. The Balaban J connectivity index is 0.000000861. The number of hydrogen-bond acceptors (Lipinski definition) is 6. The number of rotatable bonds is 6. The van der Waals surface area contributed by atoms with Crippen LogP contribution in [0.1, 0.15) is 30.3 Å². The molecule has 0 spiro atoms. The minimum Gasteiger partial charge on any atom is -0.497 e. The van der Waals surface area contributed by atoms with Crippen LogP contribution in [0.5, 0.6) is 5.75 Å². The molecule has 4 heterocycles. The van der Waals surface area contributed by atoms with Gasteiger partial charge in [0.2, 0.25) is 5.91 Å². The number of H-pyrrole nitrogens is 1. The molecule has 3 aliphatic rings. The summed E-state index contributed by atoms with van der Waals surface area (Å²) in [4.78, 5) is 36.3. The fraction of sp³-hybridized carbons (Fsp3) is 0.360. The molecule has 186 valence electrons. The molecular weight excluding hydrogens is 450 g/mol. The van der Waals surface area contributed by atoms with Crippen molar-refractivity contribution >= 4 is 34.9 Å². The molecule has 35 heavy (non-hydrogen) atoms. The van der Waals surface area contributed by atoms with Gasteiger partial charge in [-0.05, 0) is 67.7 Å². The van der Waals surface area contributed by atoms with E-state index in [1.807, 2.05) is 36.4 Å². The number of carboxylic acid groups (broad SMARTS) is 1. The molecule has 6 rings (SSSR count). The van der Waals surface area contributed by atoms with E-state index in [9.17, 15) is 9.59 Å². The second-order valence-electron chi connectivity index (χ2n) is 8.73. The van der Waals surface area contributed by atoms with Gasteiger partial charge in [0.1, 0.15) is 5.75 Å². The first-order valence-corrected chi connectivity index (χ1v) is 11.5. The van der Waals surface area contributed by atoms with E-state index in [0.29, 0.717) is 22.7 Å². The standard InChI is InChI=1S/C24H27N5O3.CH2O2.H2/c1-32-18-5-2-15(3-6-18)12-22(30)25-17-4-7-20-19(13-17)23(28-27-20)24(31)26-21-14-29-10-8-16(21)9-11-29;2-1-3;/h2-7,13,16,21H,8-12,14H2,1H3,(H,25,30)(H,26,31)(H,27,28);1H,(H,2,3);1H/t21-;;/m1../s1. The molecular formula is C25H31N5O5. The highest BCUT2D eigenvalue weighted by Crippen LogP contribution is 2.28. The fourth-order valence-corrected chi connectivity index (χ4v) is 4.76. The maximum atomic E-state index is 13.0. The summed E-state index contributed by atoms with van der Waals surface area (Å²) in [6.45, 7) is 2.91. The molecule has 3 saturated heterocycles. The van der Waals surface area contributed by atoms with Crippen molar-refractivity contribution in [2.45, 2.75) is 25.3 Å². The number of piperidine rings is 3. The maximum Gasteiger partial charge on any atom is 0.290 e. The largest absolute Gasteiger partial charge is 0.497 e. The lowest BCUT2D eigenvalue weighted by atomic mass is 9.84. The van der Waals surface area contributed by atoms with Gasteiger partial charge in [0.05, 0.1) is 19.0 Å². The summed E-state index contributed by atoms with van der Waals surface area (Å²) in [5.74, 6) is 0.999. The van der Waals surface area contributed by atoms with Crippen molar-refractivity contribution in [3.05, 3.63) is 53.7 Å². The Morgan fingerprint density at radius 1 is 1.23 bits per heavy atom. The zero-order chi connectivity index (χ0) is 24.8. The van der Waals surface area contributed by atoms with Crippen molar-refractivity contribution in [3.63, 3.8) is 0 Å². The van der Waals surface area contributed by atoms with Gasteiger partial charge in [0, 0.05) is 25.1 Å². The summed E-state index contributed by atoms with van der Waals surface area (Å²) in [6.07, 6.45) is 2.52. The summed E-state index contributed by atoms with van der Waals surface area (Å²) in [5, 5.41) is 20.9. The molecule has 1 aromatic heterocycles. The lowest BCUT2D eigenvalue weighted by Gasteiger charge is -2.44. The van der Waals surface area contributed by atoms with E-state index in [0.717, 1.165) is 49.3 Å². The van der Waals surface area contributed by atoms with Gasteiger partial charge in [-0.2, -0.15) is 5.10 Å². The molecule has 10 nitrogen and oxygen atoms in total. The third kappa shape index (κ3) is 5.78. The van der Waals surface area contributed by atoms with Gasteiger partial charge >= 0.3 is 0 Å². The number of benzene rings is 2. The van der Waals surface area contributed by atoms with E-state index in [1.165, 1.54) is 0 Å². The second-order valence-corrected chi connectivity index (χ2v) is 8.73. The molecule has 4 N–H and O–H groups in total. The van der Waals surface area contributed by atoms with Crippen molar-refractivity contribution in [2.24, 2.45) is 5.92 Å². The first kappa shape index (κ1) is 24.2. The lowest BCUT2D eigenvalue weighted by Crippen LogP contribution is -2.57. The van der Waals surface area contributed by atoms with Gasteiger partial charge in [-0.15, -0.1) is 0 Å². The predicted molar refractivity (Wildman–Crippen MR) is 133 cm³/mol. The number of aromatic nitrogens is 2.